The highest BCUT2D eigenvalue weighted by atomic mass is 32.1. The van der Waals surface area contributed by atoms with Gasteiger partial charge in [-0.15, -0.1) is 0 Å². The maximum absolute atomic E-state index is 5.56. The van der Waals surface area contributed by atoms with E-state index in [0.29, 0.717) is 12.5 Å². The minimum Gasteiger partial charge on any atom is -0.494 e. The summed E-state index contributed by atoms with van der Waals surface area (Å²) in [6.07, 6.45) is 6.37. The van der Waals surface area contributed by atoms with Gasteiger partial charge in [0.15, 0.2) is 5.13 Å². The molecule has 0 saturated heterocycles. The maximum Gasteiger partial charge on any atom is 0.188 e. The molecule has 5 heteroatoms. The van der Waals surface area contributed by atoms with Crippen LogP contribution < -0.4 is 10.1 Å². The standard InChI is InChI=1S/C16H20N2OS2/c1-2-19-12-8-9-13-14(10-12)21-16(17-13)18-15(20)11-6-4-3-5-7-11/h8-11H,2-7H2,1H3,(H,17,18,20). The highest BCUT2D eigenvalue weighted by Crippen LogP contribution is 2.31. The molecular formula is C16H20N2OS2. The molecule has 0 amide bonds. The Hall–Kier alpha value is -1.20. The van der Waals surface area contributed by atoms with E-state index in [2.05, 4.69) is 10.3 Å². The Morgan fingerprint density at radius 2 is 2.19 bits per heavy atom. The van der Waals surface area contributed by atoms with Crippen LogP contribution in [-0.2, 0) is 0 Å². The molecule has 0 bridgehead atoms. The minimum atomic E-state index is 0.528. The monoisotopic (exact) mass is 320 g/mol. The van der Waals surface area contributed by atoms with E-state index in [-0.39, 0.29) is 0 Å². The molecular weight excluding hydrogens is 300 g/mol. The van der Waals surface area contributed by atoms with Crippen molar-refractivity contribution in [3.8, 4) is 5.75 Å². The lowest BCUT2D eigenvalue weighted by molar-refractivity contribution is 0.341. The number of nitrogens with one attached hydrogen (secondary N) is 1. The Bertz CT molecular complexity index is 632. The molecule has 1 aromatic carbocycles. The first-order valence-corrected chi connectivity index (χ1v) is 8.83. The quantitative estimate of drug-likeness (QED) is 0.803. The summed E-state index contributed by atoms with van der Waals surface area (Å²) in [5.41, 5.74) is 0.998. The predicted molar refractivity (Wildman–Crippen MR) is 93.6 cm³/mol. The normalized spacial score (nSPS) is 16.0. The smallest absolute Gasteiger partial charge is 0.188 e. The van der Waals surface area contributed by atoms with Gasteiger partial charge >= 0.3 is 0 Å². The van der Waals surface area contributed by atoms with Gasteiger partial charge in [-0.1, -0.05) is 42.8 Å². The third-order valence-electron chi connectivity index (χ3n) is 3.88. The van der Waals surface area contributed by atoms with Crippen LogP contribution in [0, 0.1) is 5.92 Å². The summed E-state index contributed by atoms with van der Waals surface area (Å²) < 4.78 is 6.67. The lowest BCUT2D eigenvalue weighted by Gasteiger charge is -2.22. The van der Waals surface area contributed by atoms with Crippen LogP contribution in [-0.4, -0.2) is 16.6 Å². The summed E-state index contributed by atoms with van der Waals surface area (Å²) in [5.74, 6) is 1.43. The van der Waals surface area contributed by atoms with Gasteiger partial charge in [0.05, 0.1) is 21.8 Å². The van der Waals surface area contributed by atoms with Crippen molar-refractivity contribution in [1.29, 1.82) is 0 Å². The Kier molecular flexibility index (Phi) is 4.70. The molecule has 1 aliphatic rings. The molecule has 1 saturated carbocycles. The highest BCUT2D eigenvalue weighted by molar-refractivity contribution is 7.80. The van der Waals surface area contributed by atoms with Crippen molar-refractivity contribution in [2.45, 2.75) is 39.0 Å². The van der Waals surface area contributed by atoms with Crippen molar-refractivity contribution < 1.29 is 4.74 Å². The zero-order chi connectivity index (χ0) is 14.7. The number of anilines is 1. The van der Waals surface area contributed by atoms with Crippen molar-refractivity contribution in [2.24, 2.45) is 5.92 Å². The summed E-state index contributed by atoms with van der Waals surface area (Å²) in [6.45, 7) is 2.67. The van der Waals surface area contributed by atoms with Crippen molar-refractivity contribution in [1.82, 2.24) is 4.98 Å². The fourth-order valence-electron chi connectivity index (χ4n) is 2.79. The maximum atomic E-state index is 5.56. The average Bonchev–Trinajstić information content (AvgIpc) is 2.90. The molecule has 1 heterocycles. The number of ether oxygens (including phenoxy) is 1. The molecule has 0 spiro atoms. The molecule has 0 aliphatic heterocycles. The van der Waals surface area contributed by atoms with E-state index in [1.54, 1.807) is 11.3 Å². The van der Waals surface area contributed by atoms with Gasteiger partial charge in [-0.25, -0.2) is 4.98 Å². The van der Waals surface area contributed by atoms with E-state index in [9.17, 15) is 0 Å². The number of fused-ring (bicyclic) bond motifs is 1. The predicted octanol–water partition coefficient (Wildman–Crippen LogP) is 5.01. The van der Waals surface area contributed by atoms with Crippen LogP contribution in [0.3, 0.4) is 0 Å². The van der Waals surface area contributed by atoms with Crippen LogP contribution in [0.25, 0.3) is 10.2 Å². The van der Waals surface area contributed by atoms with Gasteiger partial charge in [-0.05, 0) is 38.0 Å². The molecule has 112 valence electrons. The summed E-state index contributed by atoms with van der Waals surface area (Å²) in [5, 5.41) is 4.25. The molecule has 0 radical (unpaired) electrons. The lowest BCUT2D eigenvalue weighted by atomic mass is 9.89. The summed E-state index contributed by atoms with van der Waals surface area (Å²) >= 11 is 7.20. The molecule has 1 aromatic heterocycles. The fraction of sp³-hybridized carbons (Fsp3) is 0.500. The fourth-order valence-corrected chi connectivity index (χ4v) is 4.09. The van der Waals surface area contributed by atoms with Crippen LogP contribution in [0.4, 0.5) is 5.13 Å². The zero-order valence-electron chi connectivity index (χ0n) is 12.2. The number of hydrogen-bond acceptors (Lipinski definition) is 4. The number of thiocarbonyl (C=S) groups is 1. The van der Waals surface area contributed by atoms with Crippen molar-refractivity contribution in [2.75, 3.05) is 11.9 Å². The largest absolute Gasteiger partial charge is 0.494 e. The lowest BCUT2D eigenvalue weighted by Crippen LogP contribution is -2.22. The second-order valence-corrected chi connectivity index (χ2v) is 6.88. The van der Waals surface area contributed by atoms with Crippen LogP contribution in [0.15, 0.2) is 18.2 Å². The van der Waals surface area contributed by atoms with Crippen LogP contribution >= 0.6 is 23.6 Å². The van der Waals surface area contributed by atoms with Crippen LogP contribution in [0.5, 0.6) is 5.75 Å². The van der Waals surface area contributed by atoms with E-state index >= 15 is 0 Å². The number of nitrogens with zero attached hydrogens (tertiary/aromatic N) is 1. The highest BCUT2D eigenvalue weighted by Gasteiger charge is 2.19. The topological polar surface area (TPSA) is 34.1 Å². The SMILES string of the molecule is CCOc1ccc2nc(NC(=S)C3CCCCC3)sc2c1. The Balaban J connectivity index is 1.73. The van der Waals surface area contributed by atoms with Gasteiger partial charge in [-0.2, -0.15) is 0 Å². The average molecular weight is 320 g/mol. The first-order chi connectivity index (χ1) is 10.3. The molecule has 1 fully saturated rings. The summed E-state index contributed by atoms with van der Waals surface area (Å²) in [4.78, 5) is 5.57. The Labute approximate surface area is 134 Å². The first-order valence-electron chi connectivity index (χ1n) is 7.60. The minimum absolute atomic E-state index is 0.528. The molecule has 1 N–H and O–H groups in total. The zero-order valence-corrected chi connectivity index (χ0v) is 13.9. The molecule has 0 atom stereocenters. The molecule has 2 aromatic rings. The molecule has 21 heavy (non-hydrogen) atoms. The van der Waals surface area contributed by atoms with Crippen molar-refractivity contribution in [3.05, 3.63) is 18.2 Å². The third kappa shape index (κ3) is 3.52. The Morgan fingerprint density at radius 3 is 2.95 bits per heavy atom. The van der Waals surface area contributed by atoms with Crippen molar-refractivity contribution in [3.63, 3.8) is 0 Å². The van der Waals surface area contributed by atoms with E-state index in [1.165, 1.54) is 32.1 Å². The number of hydrogen-bond donors (Lipinski definition) is 1. The second-order valence-electron chi connectivity index (χ2n) is 5.41. The molecule has 3 nitrogen and oxygen atoms in total. The van der Waals surface area contributed by atoms with Gasteiger partial charge in [0.1, 0.15) is 5.75 Å². The first kappa shape index (κ1) is 14.7. The van der Waals surface area contributed by atoms with Gasteiger partial charge in [0, 0.05) is 5.92 Å². The van der Waals surface area contributed by atoms with Crippen LogP contribution in [0.2, 0.25) is 0 Å². The van der Waals surface area contributed by atoms with Gasteiger partial charge in [0.2, 0.25) is 0 Å². The molecule has 3 rings (SSSR count). The number of aromatic nitrogens is 1. The van der Waals surface area contributed by atoms with E-state index < -0.39 is 0 Å². The van der Waals surface area contributed by atoms with E-state index in [0.717, 1.165) is 26.1 Å². The van der Waals surface area contributed by atoms with Gasteiger partial charge in [-0.3, -0.25) is 0 Å². The molecule has 1 aliphatic carbocycles. The Morgan fingerprint density at radius 1 is 1.38 bits per heavy atom. The summed E-state index contributed by atoms with van der Waals surface area (Å²) in [6, 6.07) is 6.02. The third-order valence-corrected chi connectivity index (χ3v) is 5.25. The van der Waals surface area contributed by atoms with Gasteiger partial charge in [0.25, 0.3) is 0 Å². The number of rotatable bonds is 4. The van der Waals surface area contributed by atoms with E-state index in [4.69, 9.17) is 17.0 Å². The van der Waals surface area contributed by atoms with E-state index in [1.807, 2.05) is 25.1 Å². The summed E-state index contributed by atoms with van der Waals surface area (Å²) in [7, 11) is 0. The van der Waals surface area contributed by atoms with Gasteiger partial charge < -0.3 is 10.1 Å². The second kappa shape index (κ2) is 6.71. The molecule has 0 unspecified atom stereocenters. The van der Waals surface area contributed by atoms with Crippen LogP contribution in [0.1, 0.15) is 39.0 Å². The van der Waals surface area contributed by atoms with Crippen molar-refractivity contribution >= 4 is 43.9 Å². The number of thiazole rings is 1. The number of benzene rings is 1.